The molecule has 0 heterocycles. The zero-order chi connectivity index (χ0) is 20.1. The van der Waals surface area contributed by atoms with E-state index in [1.165, 1.54) is 58.5 Å². The van der Waals surface area contributed by atoms with Crippen LogP contribution >= 0.6 is 15.9 Å². The maximum absolute atomic E-state index is 11.3. The minimum Gasteiger partial charge on any atom is -0.465 e. The summed E-state index contributed by atoms with van der Waals surface area (Å²) in [4.78, 5) is 11.3. The molecule has 5 heteroatoms. The van der Waals surface area contributed by atoms with Crippen molar-refractivity contribution in [3.05, 3.63) is 12.2 Å². The van der Waals surface area contributed by atoms with Gasteiger partial charge in [0.05, 0.1) is 7.11 Å². The Morgan fingerprint density at radius 3 is 2.48 bits per heavy atom. The van der Waals surface area contributed by atoms with E-state index in [9.17, 15) is 15.0 Å². The van der Waals surface area contributed by atoms with Gasteiger partial charge in [0.2, 0.25) is 0 Å². The third-order valence-electron chi connectivity index (χ3n) is 5.89. The molecule has 0 unspecified atom stereocenters. The Kier molecular flexibility index (Phi) is 12.5. The highest BCUT2D eigenvalue weighted by Gasteiger charge is 2.34. The number of carbonyl (C=O) groups excluding carboxylic acids is 1. The highest BCUT2D eigenvalue weighted by Crippen LogP contribution is 2.42. The molecule has 27 heavy (non-hydrogen) atoms. The van der Waals surface area contributed by atoms with Gasteiger partial charge in [-0.3, -0.25) is 0 Å². The molecule has 0 radical (unpaired) electrons. The number of rotatable bonds is 14. The monoisotopic (exact) mass is 446 g/mol. The lowest BCUT2D eigenvalue weighted by Crippen LogP contribution is -2.39. The summed E-state index contributed by atoms with van der Waals surface area (Å²) in [7, 11) is 1.17. The van der Waals surface area contributed by atoms with E-state index in [1.54, 1.807) is 0 Å². The van der Waals surface area contributed by atoms with Crippen LogP contribution in [0.15, 0.2) is 12.2 Å². The number of esters is 1. The first kappa shape index (κ1) is 24.6. The smallest absolute Gasteiger partial charge is 0.366 e. The standard InChI is InChI=1S/C22H39BrO4/c1-3-4-5-6-7-10-13-20-18(14-15-19(20)17-23)12-9-8-11-16-22(25,26)21(24)27-2/h10,13,18-20,25-26H,3-9,11-12,14-17H2,1-2H3/b13-10+/t18-,19-,20+/m0/s1. The van der Waals surface area contributed by atoms with Crippen molar-refractivity contribution < 1.29 is 19.7 Å². The van der Waals surface area contributed by atoms with E-state index in [0.717, 1.165) is 30.0 Å². The molecule has 0 aromatic carbocycles. The van der Waals surface area contributed by atoms with Crippen molar-refractivity contribution in [2.24, 2.45) is 17.8 Å². The van der Waals surface area contributed by atoms with Gasteiger partial charge in [0, 0.05) is 11.8 Å². The van der Waals surface area contributed by atoms with Crippen LogP contribution in [-0.4, -0.2) is 34.4 Å². The van der Waals surface area contributed by atoms with Gasteiger partial charge in [0.25, 0.3) is 5.79 Å². The Morgan fingerprint density at radius 2 is 1.81 bits per heavy atom. The number of hydrogen-bond donors (Lipinski definition) is 2. The average molecular weight is 447 g/mol. The summed E-state index contributed by atoms with van der Waals surface area (Å²) in [6, 6.07) is 0. The summed E-state index contributed by atoms with van der Waals surface area (Å²) in [6.45, 7) is 2.25. The molecule has 158 valence electrons. The molecule has 0 saturated heterocycles. The molecule has 1 aliphatic rings. The molecule has 0 amide bonds. The number of ether oxygens (including phenoxy) is 1. The lowest BCUT2D eigenvalue weighted by atomic mass is 9.86. The summed E-state index contributed by atoms with van der Waals surface area (Å²) >= 11 is 3.69. The molecule has 2 N–H and O–H groups in total. The van der Waals surface area contributed by atoms with Crippen LogP contribution in [-0.2, 0) is 9.53 Å². The Hall–Kier alpha value is -0.390. The van der Waals surface area contributed by atoms with Crippen LogP contribution < -0.4 is 0 Å². The zero-order valence-corrected chi connectivity index (χ0v) is 18.8. The fraction of sp³-hybridized carbons (Fsp3) is 0.864. The average Bonchev–Trinajstić information content (AvgIpc) is 3.05. The number of halogens is 1. The van der Waals surface area contributed by atoms with Crippen molar-refractivity contribution >= 4 is 21.9 Å². The molecule has 4 nitrogen and oxygen atoms in total. The fourth-order valence-electron chi connectivity index (χ4n) is 4.19. The van der Waals surface area contributed by atoms with Crippen molar-refractivity contribution in [2.75, 3.05) is 12.4 Å². The molecule has 3 atom stereocenters. The molecule has 0 spiro atoms. The first-order chi connectivity index (χ1) is 13.0. The largest absolute Gasteiger partial charge is 0.465 e. The summed E-state index contributed by atoms with van der Waals surface area (Å²) in [5.74, 6) is -1.17. The van der Waals surface area contributed by atoms with Crippen molar-refractivity contribution in [1.82, 2.24) is 0 Å². The first-order valence-corrected chi connectivity index (χ1v) is 11.8. The molecule has 0 aromatic heterocycles. The zero-order valence-electron chi connectivity index (χ0n) is 17.2. The van der Waals surface area contributed by atoms with E-state index < -0.39 is 11.8 Å². The van der Waals surface area contributed by atoms with E-state index in [2.05, 4.69) is 39.7 Å². The Morgan fingerprint density at radius 1 is 1.11 bits per heavy atom. The van der Waals surface area contributed by atoms with Crippen molar-refractivity contribution in [2.45, 2.75) is 89.8 Å². The predicted molar refractivity (Wildman–Crippen MR) is 114 cm³/mol. The first-order valence-electron chi connectivity index (χ1n) is 10.7. The summed E-state index contributed by atoms with van der Waals surface area (Å²) < 4.78 is 4.41. The SMILES string of the molecule is CCCCCC/C=C/[C@@H]1[C@@H](CCCCCC(O)(O)C(=O)OC)CC[C@H]1CBr. The quantitative estimate of drug-likeness (QED) is 0.124. The summed E-state index contributed by atoms with van der Waals surface area (Å²) in [5.41, 5.74) is 0. The maximum Gasteiger partial charge on any atom is 0.366 e. The topological polar surface area (TPSA) is 66.8 Å². The van der Waals surface area contributed by atoms with Crippen molar-refractivity contribution in [3.63, 3.8) is 0 Å². The lowest BCUT2D eigenvalue weighted by Gasteiger charge is -2.21. The third kappa shape index (κ3) is 9.10. The molecule has 0 aromatic rings. The second-order valence-electron chi connectivity index (χ2n) is 8.01. The predicted octanol–water partition coefficient (Wildman–Crippen LogP) is 5.35. The molecule has 1 aliphatic carbocycles. The molecular formula is C22H39BrO4. The second-order valence-corrected chi connectivity index (χ2v) is 8.66. The Labute approximate surface area is 173 Å². The van der Waals surface area contributed by atoms with E-state index >= 15 is 0 Å². The van der Waals surface area contributed by atoms with Gasteiger partial charge < -0.3 is 14.9 Å². The van der Waals surface area contributed by atoms with E-state index in [4.69, 9.17) is 0 Å². The minimum absolute atomic E-state index is 0.0372. The van der Waals surface area contributed by atoms with Gasteiger partial charge in [-0.1, -0.05) is 67.1 Å². The number of unbranched alkanes of at least 4 members (excludes halogenated alkanes) is 6. The number of methoxy groups -OCH3 is 1. The van der Waals surface area contributed by atoms with Gasteiger partial charge in [0.1, 0.15) is 0 Å². The Bertz CT molecular complexity index is 436. The van der Waals surface area contributed by atoms with Gasteiger partial charge in [-0.05, 0) is 56.3 Å². The van der Waals surface area contributed by atoms with Crippen LogP contribution in [0.1, 0.15) is 84.0 Å². The van der Waals surface area contributed by atoms with Crippen LogP contribution in [0.2, 0.25) is 0 Å². The highest BCUT2D eigenvalue weighted by atomic mass is 79.9. The number of allylic oxidation sites excluding steroid dienone is 2. The van der Waals surface area contributed by atoms with E-state index in [-0.39, 0.29) is 6.42 Å². The normalized spacial score (nSPS) is 23.2. The number of alkyl halides is 1. The van der Waals surface area contributed by atoms with Crippen LogP contribution in [0.5, 0.6) is 0 Å². The van der Waals surface area contributed by atoms with Crippen LogP contribution in [0.3, 0.4) is 0 Å². The number of hydrogen-bond acceptors (Lipinski definition) is 4. The van der Waals surface area contributed by atoms with E-state index in [1.807, 2.05) is 0 Å². The van der Waals surface area contributed by atoms with Gasteiger partial charge in [0.15, 0.2) is 0 Å². The van der Waals surface area contributed by atoms with Gasteiger partial charge in [-0.25, -0.2) is 4.79 Å². The summed E-state index contributed by atoms with van der Waals surface area (Å²) in [6.07, 6.45) is 17.7. The maximum atomic E-state index is 11.3. The minimum atomic E-state index is -2.34. The van der Waals surface area contributed by atoms with Crippen molar-refractivity contribution in [1.29, 1.82) is 0 Å². The van der Waals surface area contributed by atoms with Gasteiger partial charge >= 0.3 is 5.97 Å². The molecule has 1 fully saturated rings. The van der Waals surface area contributed by atoms with Crippen molar-refractivity contribution in [3.8, 4) is 0 Å². The summed E-state index contributed by atoms with van der Waals surface area (Å²) in [5, 5.41) is 20.4. The lowest BCUT2D eigenvalue weighted by molar-refractivity contribution is -0.209. The number of aliphatic hydroxyl groups is 2. The molecule has 1 rings (SSSR count). The van der Waals surface area contributed by atoms with Crippen LogP contribution in [0.4, 0.5) is 0 Å². The highest BCUT2D eigenvalue weighted by molar-refractivity contribution is 9.09. The number of carbonyl (C=O) groups is 1. The van der Waals surface area contributed by atoms with Gasteiger partial charge in [-0.15, -0.1) is 0 Å². The third-order valence-corrected chi connectivity index (χ3v) is 6.72. The fourth-order valence-corrected chi connectivity index (χ4v) is 4.95. The van der Waals surface area contributed by atoms with E-state index in [0.29, 0.717) is 12.3 Å². The molecule has 1 saturated carbocycles. The van der Waals surface area contributed by atoms with Crippen LogP contribution in [0.25, 0.3) is 0 Å². The Balaban J connectivity index is 2.33. The molecular weight excluding hydrogens is 408 g/mol. The van der Waals surface area contributed by atoms with Gasteiger partial charge in [-0.2, -0.15) is 0 Å². The molecule has 0 aliphatic heterocycles. The van der Waals surface area contributed by atoms with Crippen LogP contribution in [0, 0.1) is 17.8 Å². The molecule has 0 bridgehead atoms. The second kappa shape index (κ2) is 13.7.